The molecule has 0 saturated heterocycles. The highest BCUT2D eigenvalue weighted by molar-refractivity contribution is 5.76. The SMILES string of the molecule is COc1ccc(C(Cc2ccc(C(C)(C)C)cc2)C(=O)O)cc1C. The van der Waals surface area contributed by atoms with Crippen molar-refractivity contribution in [3.05, 3.63) is 64.7 Å². The number of carboxylic acid groups (broad SMARTS) is 1. The topological polar surface area (TPSA) is 46.5 Å². The van der Waals surface area contributed by atoms with Crippen molar-refractivity contribution in [3.63, 3.8) is 0 Å². The van der Waals surface area contributed by atoms with Gasteiger partial charge in [-0.2, -0.15) is 0 Å². The zero-order valence-corrected chi connectivity index (χ0v) is 15.1. The number of rotatable bonds is 5. The van der Waals surface area contributed by atoms with Crippen molar-refractivity contribution in [1.29, 1.82) is 0 Å². The van der Waals surface area contributed by atoms with Gasteiger partial charge in [0.15, 0.2) is 0 Å². The van der Waals surface area contributed by atoms with Crippen LogP contribution in [-0.4, -0.2) is 18.2 Å². The molecule has 0 aliphatic rings. The standard InChI is InChI=1S/C21H26O3/c1-14-12-16(8-11-19(14)24-5)18(20(22)23)13-15-6-9-17(10-7-15)21(2,3)4/h6-12,18H,13H2,1-5H3,(H,22,23). The van der Waals surface area contributed by atoms with Gasteiger partial charge >= 0.3 is 5.97 Å². The third-order valence-electron chi connectivity index (χ3n) is 4.38. The van der Waals surface area contributed by atoms with Crippen molar-refractivity contribution in [2.24, 2.45) is 0 Å². The summed E-state index contributed by atoms with van der Waals surface area (Å²) in [5.41, 5.74) is 4.13. The van der Waals surface area contributed by atoms with Gasteiger partial charge < -0.3 is 9.84 Å². The van der Waals surface area contributed by atoms with E-state index in [1.54, 1.807) is 7.11 Å². The molecule has 1 atom stereocenters. The van der Waals surface area contributed by atoms with E-state index >= 15 is 0 Å². The summed E-state index contributed by atoms with van der Waals surface area (Å²) < 4.78 is 5.26. The number of benzene rings is 2. The average molecular weight is 326 g/mol. The maximum absolute atomic E-state index is 11.8. The van der Waals surface area contributed by atoms with Crippen molar-refractivity contribution in [2.45, 2.75) is 45.4 Å². The van der Waals surface area contributed by atoms with Gasteiger partial charge in [0, 0.05) is 0 Å². The summed E-state index contributed by atoms with van der Waals surface area (Å²) in [5.74, 6) is -0.591. The molecule has 3 heteroatoms. The minimum Gasteiger partial charge on any atom is -0.496 e. The molecule has 3 nitrogen and oxygen atoms in total. The fourth-order valence-corrected chi connectivity index (χ4v) is 2.84. The van der Waals surface area contributed by atoms with Crippen LogP contribution in [0.5, 0.6) is 5.75 Å². The number of hydrogen-bond donors (Lipinski definition) is 1. The molecule has 0 saturated carbocycles. The van der Waals surface area contributed by atoms with E-state index in [0.29, 0.717) is 6.42 Å². The van der Waals surface area contributed by atoms with Gasteiger partial charge in [0.1, 0.15) is 5.75 Å². The summed E-state index contributed by atoms with van der Waals surface area (Å²) in [6.07, 6.45) is 0.478. The Hall–Kier alpha value is -2.29. The molecule has 128 valence electrons. The van der Waals surface area contributed by atoms with Crippen LogP contribution >= 0.6 is 0 Å². The number of aryl methyl sites for hydroxylation is 1. The summed E-state index contributed by atoms with van der Waals surface area (Å²) in [4.78, 5) is 11.8. The molecule has 2 aromatic rings. The van der Waals surface area contributed by atoms with Crippen molar-refractivity contribution >= 4 is 5.97 Å². The predicted octanol–water partition coefficient (Wildman–Crippen LogP) is 4.71. The lowest BCUT2D eigenvalue weighted by Gasteiger charge is -2.20. The Bertz CT molecular complexity index is 709. The Morgan fingerprint density at radius 1 is 1.12 bits per heavy atom. The van der Waals surface area contributed by atoms with E-state index in [4.69, 9.17) is 4.74 Å². The highest BCUT2D eigenvalue weighted by atomic mass is 16.5. The van der Waals surface area contributed by atoms with E-state index in [0.717, 1.165) is 22.4 Å². The number of carboxylic acids is 1. The van der Waals surface area contributed by atoms with Gasteiger partial charge in [0.25, 0.3) is 0 Å². The first-order valence-corrected chi connectivity index (χ1v) is 8.19. The number of aliphatic carboxylic acids is 1. The molecular weight excluding hydrogens is 300 g/mol. The molecule has 0 bridgehead atoms. The van der Waals surface area contributed by atoms with Crippen molar-refractivity contribution in [3.8, 4) is 5.75 Å². The fraction of sp³-hybridized carbons (Fsp3) is 0.381. The van der Waals surface area contributed by atoms with Crippen LogP contribution in [0.25, 0.3) is 0 Å². The monoisotopic (exact) mass is 326 g/mol. The van der Waals surface area contributed by atoms with Gasteiger partial charge in [-0.1, -0.05) is 57.2 Å². The van der Waals surface area contributed by atoms with Crippen molar-refractivity contribution in [1.82, 2.24) is 0 Å². The van der Waals surface area contributed by atoms with Gasteiger partial charge in [-0.15, -0.1) is 0 Å². The Balaban J connectivity index is 2.26. The number of ether oxygens (including phenoxy) is 1. The Labute approximate surface area is 144 Å². The van der Waals surface area contributed by atoms with Crippen LogP contribution in [0.15, 0.2) is 42.5 Å². The molecular formula is C21H26O3. The van der Waals surface area contributed by atoms with E-state index in [9.17, 15) is 9.90 Å². The molecule has 0 aliphatic heterocycles. The van der Waals surface area contributed by atoms with Crippen LogP contribution in [-0.2, 0) is 16.6 Å². The normalized spacial score (nSPS) is 12.7. The quantitative estimate of drug-likeness (QED) is 0.865. The molecule has 0 fully saturated rings. The molecule has 0 aliphatic carbocycles. The van der Waals surface area contributed by atoms with Crippen LogP contribution in [0.4, 0.5) is 0 Å². The average Bonchev–Trinajstić information content (AvgIpc) is 2.52. The van der Waals surface area contributed by atoms with E-state index < -0.39 is 11.9 Å². The Kier molecular flexibility index (Phi) is 5.33. The number of hydrogen-bond acceptors (Lipinski definition) is 2. The van der Waals surface area contributed by atoms with Gasteiger partial charge in [0.05, 0.1) is 13.0 Å². The molecule has 1 N–H and O–H groups in total. The molecule has 2 aromatic carbocycles. The van der Waals surface area contributed by atoms with Gasteiger partial charge in [-0.05, 0) is 47.1 Å². The third kappa shape index (κ3) is 4.16. The summed E-state index contributed by atoms with van der Waals surface area (Å²) in [6.45, 7) is 8.44. The molecule has 0 amide bonds. The van der Waals surface area contributed by atoms with E-state index in [1.165, 1.54) is 5.56 Å². The number of carbonyl (C=O) groups is 1. The zero-order chi connectivity index (χ0) is 17.9. The number of methoxy groups -OCH3 is 1. The molecule has 0 heterocycles. The second-order valence-corrected chi connectivity index (χ2v) is 7.27. The zero-order valence-electron chi connectivity index (χ0n) is 15.1. The lowest BCUT2D eigenvalue weighted by Crippen LogP contribution is -2.15. The van der Waals surface area contributed by atoms with E-state index in [2.05, 4.69) is 32.9 Å². The first kappa shape index (κ1) is 18.1. The molecule has 0 aromatic heterocycles. The summed E-state index contributed by atoms with van der Waals surface area (Å²) in [6, 6.07) is 13.8. The minimum absolute atomic E-state index is 0.0951. The molecule has 0 radical (unpaired) electrons. The molecule has 1 unspecified atom stereocenters. The smallest absolute Gasteiger partial charge is 0.311 e. The fourth-order valence-electron chi connectivity index (χ4n) is 2.84. The van der Waals surface area contributed by atoms with Crippen LogP contribution < -0.4 is 4.74 Å². The van der Waals surface area contributed by atoms with Gasteiger partial charge in [0.2, 0.25) is 0 Å². The van der Waals surface area contributed by atoms with E-state index in [1.807, 2.05) is 37.3 Å². The Morgan fingerprint density at radius 2 is 1.75 bits per heavy atom. The summed E-state index contributed by atoms with van der Waals surface area (Å²) in [5, 5.41) is 9.66. The van der Waals surface area contributed by atoms with Crippen LogP contribution in [0.3, 0.4) is 0 Å². The van der Waals surface area contributed by atoms with Crippen molar-refractivity contribution in [2.75, 3.05) is 7.11 Å². The Morgan fingerprint density at radius 3 is 2.21 bits per heavy atom. The first-order valence-electron chi connectivity index (χ1n) is 8.19. The predicted molar refractivity (Wildman–Crippen MR) is 97.0 cm³/mol. The van der Waals surface area contributed by atoms with Gasteiger partial charge in [-0.3, -0.25) is 4.79 Å². The lowest BCUT2D eigenvalue weighted by molar-refractivity contribution is -0.138. The minimum atomic E-state index is -0.806. The second-order valence-electron chi connectivity index (χ2n) is 7.27. The second kappa shape index (κ2) is 7.08. The van der Waals surface area contributed by atoms with Crippen LogP contribution in [0.1, 0.15) is 48.9 Å². The maximum atomic E-state index is 11.8. The van der Waals surface area contributed by atoms with Gasteiger partial charge in [-0.25, -0.2) is 0 Å². The van der Waals surface area contributed by atoms with Crippen LogP contribution in [0, 0.1) is 6.92 Å². The van der Waals surface area contributed by atoms with Crippen molar-refractivity contribution < 1.29 is 14.6 Å². The third-order valence-corrected chi connectivity index (χ3v) is 4.38. The van der Waals surface area contributed by atoms with Crippen LogP contribution in [0.2, 0.25) is 0 Å². The highest BCUT2D eigenvalue weighted by Gasteiger charge is 2.21. The first-order chi connectivity index (χ1) is 11.2. The van der Waals surface area contributed by atoms with E-state index in [-0.39, 0.29) is 5.41 Å². The molecule has 24 heavy (non-hydrogen) atoms. The summed E-state index contributed by atoms with van der Waals surface area (Å²) in [7, 11) is 1.62. The summed E-state index contributed by atoms with van der Waals surface area (Å²) >= 11 is 0. The largest absolute Gasteiger partial charge is 0.496 e. The lowest BCUT2D eigenvalue weighted by atomic mass is 9.85. The molecule has 2 rings (SSSR count). The highest BCUT2D eigenvalue weighted by Crippen LogP contribution is 2.28. The molecule has 0 spiro atoms. The maximum Gasteiger partial charge on any atom is 0.311 e.